The minimum atomic E-state index is -1.75. The number of benzene rings is 2. The zero-order valence-corrected chi connectivity index (χ0v) is 9.64. The Morgan fingerprint density at radius 1 is 0.875 bits per heavy atom. The Morgan fingerprint density at radius 2 is 1.44 bits per heavy atom. The monoisotopic (exact) mass is 231 g/mol. The van der Waals surface area contributed by atoms with Crippen LogP contribution in [0.2, 0.25) is 0 Å². The highest BCUT2D eigenvalue weighted by Gasteiger charge is 2.21. The molecule has 2 nitrogen and oxygen atoms in total. The summed E-state index contributed by atoms with van der Waals surface area (Å²) in [6.07, 6.45) is 0. The summed E-state index contributed by atoms with van der Waals surface area (Å²) in [4.78, 5) is 0. The van der Waals surface area contributed by atoms with E-state index in [-0.39, 0.29) is 0 Å². The SMILES string of the molecule is O=[P+](OCc1ccccc1)c1ccccc1. The molecule has 0 heterocycles. The van der Waals surface area contributed by atoms with Crippen molar-refractivity contribution in [3.05, 3.63) is 66.2 Å². The third-order valence-corrected chi connectivity index (χ3v) is 3.24. The lowest BCUT2D eigenvalue weighted by Crippen LogP contribution is -1.97. The van der Waals surface area contributed by atoms with Crippen LogP contribution in [0.15, 0.2) is 60.7 Å². The maximum atomic E-state index is 11.7. The number of hydrogen-bond donors (Lipinski definition) is 0. The van der Waals surface area contributed by atoms with E-state index in [9.17, 15) is 4.57 Å². The van der Waals surface area contributed by atoms with Gasteiger partial charge in [-0.1, -0.05) is 48.5 Å². The van der Waals surface area contributed by atoms with E-state index in [1.807, 2.05) is 60.7 Å². The lowest BCUT2D eigenvalue weighted by atomic mass is 10.2. The van der Waals surface area contributed by atoms with Crippen LogP contribution in [-0.4, -0.2) is 0 Å². The predicted octanol–water partition coefficient (Wildman–Crippen LogP) is 3.27. The molecule has 0 aliphatic carbocycles. The molecule has 0 aliphatic rings. The molecule has 1 atom stereocenters. The van der Waals surface area contributed by atoms with Crippen LogP contribution in [0.1, 0.15) is 5.56 Å². The molecule has 0 saturated carbocycles. The van der Waals surface area contributed by atoms with Gasteiger partial charge in [-0.05, 0) is 22.3 Å². The fraction of sp³-hybridized carbons (Fsp3) is 0.0769. The summed E-state index contributed by atoms with van der Waals surface area (Å²) >= 11 is 0. The minimum Gasteiger partial charge on any atom is -0.137 e. The summed E-state index contributed by atoms with van der Waals surface area (Å²) < 4.78 is 17.1. The molecule has 3 heteroatoms. The average Bonchev–Trinajstić information content (AvgIpc) is 2.38. The van der Waals surface area contributed by atoms with Gasteiger partial charge in [0.05, 0.1) is 0 Å². The van der Waals surface area contributed by atoms with E-state index >= 15 is 0 Å². The van der Waals surface area contributed by atoms with Crippen LogP contribution in [0.4, 0.5) is 0 Å². The van der Waals surface area contributed by atoms with Crippen molar-refractivity contribution in [2.75, 3.05) is 0 Å². The summed E-state index contributed by atoms with van der Waals surface area (Å²) in [5.74, 6) is 0. The molecule has 0 bridgehead atoms. The molecule has 2 aromatic rings. The molecule has 0 aliphatic heterocycles. The first-order valence-corrected chi connectivity index (χ1v) is 6.23. The highest BCUT2D eigenvalue weighted by molar-refractivity contribution is 7.48. The zero-order chi connectivity index (χ0) is 11.2. The van der Waals surface area contributed by atoms with Crippen molar-refractivity contribution in [2.24, 2.45) is 0 Å². The zero-order valence-electron chi connectivity index (χ0n) is 8.74. The lowest BCUT2D eigenvalue weighted by Gasteiger charge is -1.93. The van der Waals surface area contributed by atoms with Gasteiger partial charge < -0.3 is 0 Å². The molecule has 2 aromatic carbocycles. The van der Waals surface area contributed by atoms with Crippen LogP contribution in [0, 0.1) is 0 Å². The van der Waals surface area contributed by atoms with E-state index in [2.05, 4.69) is 0 Å². The van der Waals surface area contributed by atoms with Crippen molar-refractivity contribution < 1.29 is 9.09 Å². The van der Waals surface area contributed by atoms with Crippen molar-refractivity contribution in [2.45, 2.75) is 6.61 Å². The van der Waals surface area contributed by atoms with Gasteiger partial charge in [0.15, 0.2) is 0 Å². The van der Waals surface area contributed by atoms with Gasteiger partial charge >= 0.3 is 8.03 Å². The van der Waals surface area contributed by atoms with E-state index in [1.54, 1.807) is 0 Å². The van der Waals surface area contributed by atoms with Crippen LogP contribution < -0.4 is 5.30 Å². The lowest BCUT2D eigenvalue weighted by molar-refractivity contribution is 0.325. The fourth-order valence-electron chi connectivity index (χ4n) is 1.33. The molecule has 0 aromatic heterocycles. The second-order valence-corrected chi connectivity index (χ2v) is 4.64. The third-order valence-electron chi connectivity index (χ3n) is 2.16. The van der Waals surface area contributed by atoms with Gasteiger partial charge in [-0.15, -0.1) is 4.52 Å². The van der Waals surface area contributed by atoms with Gasteiger partial charge in [0.25, 0.3) is 0 Å². The second-order valence-electron chi connectivity index (χ2n) is 3.35. The van der Waals surface area contributed by atoms with Crippen molar-refractivity contribution in [1.29, 1.82) is 0 Å². The summed E-state index contributed by atoms with van der Waals surface area (Å²) in [7, 11) is -1.75. The van der Waals surface area contributed by atoms with Gasteiger partial charge in [-0.25, -0.2) is 0 Å². The molecule has 0 N–H and O–H groups in total. The molecule has 0 saturated heterocycles. The minimum absolute atomic E-state index is 0.380. The van der Waals surface area contributed by atoms with E-state index < -0.39 is 8.03 Å². The van der Waals surface area contributed by atoms with Crippen molar-refractivity contribution in [3.8, 4) is 0 Å². The molecule has 16 heavy (non-hydrogen) atoms. The summed E-state index contributed by atoms with van der Waals surface area (Å²) in [6, 6.07) is 19.0. The predicted molar refractivity (Wildman–Crippen MR) is 64.9 cm³/mol. The first-order valence-electron chi connectivity index (χ1n) is 5.05. The normalized spacial score (nSPS) is 11.1. The van der Waals surface area contributed by atoms with Crippen molar-refractivity contribution in [1.82, 2.24) is 0 Å². The standard InChI is InChI=1S/C13H12O2P/c14-16(13-9-5-2-6-10-13)15-11-12-7-3-1-4-8-12/h1-10H,11H2/q+1. The quantitative estimate of drug-likeness (QED) is 0.755. The molecule has 1 unspecified atom stereocenters. The molecule has 0 spiro atoms. The summed E-state index contributed by atoms with van der Waals surface area (Å²) in [5, 5.41) is 0.730. The maximum Gasteiger partial charge on any atom is 0.549 e. The Kier molecular flexibility index (Phi) is 3.81. The molecule has 0 radical (unpaired) electrons. The Morgan fingerprint density at radius 3 is 2.06 bits per heavy atom. The van der Waals surface area contributed by atoms with Crippen molar-refractivity contribution in [3.63, 3.8) is 0 Å². The second kappa shape index (κ2) is 5.55. The Hall–Kier alpha value is -1.50. The van der Waals surface area contributed by atoms with E-state index in [1.165, 1.54) is 0 Å². The maximum absolute atomic E-state index is 11.7. The van der Waals surface area contributed by atoms with Gasteiger partial charge in [0.1, 0.15) is 6.61 Å². The van der Waals surface area contributed by atoms with Crippen LogP contribution in [0.5, 0.6) is 0 Å². The first kappa shape index (κ1) is 11.0. The number of hydrogen-bond acceptors (Lipinski definition) is 2. The number of rotatable bonds is 4. The molecular weight excluding hydrogens is 219 g/mol. The molecule has 0 amide bonds. The molecular formula is C13H12O2P+. The van der Waals surface area contributed by atoms with Gasteiger partial charge in [-0.2, -0.15) is 0 Å². The van der Waals surface area contributed by atoms with Crippen LogP contribution in [0.25, 0.3) is 0 Å². The topological polar surface area (TPSA) is 26.3 Å². The summed E-state index contributed by atoms with van der Waals surface area (Å²) in [5.41, 5.74) is 1.03. The molecule has 0 fully saturated rings. The highest BCUT2D eigenvalue weighted by atomic mass is 31.1. The average molecular weight is 231 g/mol. The first-order chi connectivity index (χ1) is 7.86. The van der Waals surface area contributed by atoms with Crippen LogP contribution in [0.3, 0.4) is 0 Å². The Balaban J connectivity index is 1.95. The molecule has 2 rings (SSSR count). The van der Waals surface area contributed by atoms with Gasteiger partial charge in [0.2, 0.25) is 5.30 Å². The third kappa shape index (κ3) is 2.99. The van der Waals surface area contributed by atoms with E-state index in [0.29, 0.717) is 6.61 Å². The van der Waals surface area contributed by atoms with Crippen LogP contribution in [-0.2, 0) is 15.7 Å². The Bertz CT molecular complexity index is 454. The van der Waals surface area contributed by atoms with E-state index in [0.717, 1.165) is 10.9 Å². The van der Waals surface area contributed by atoms with Crippen LogP contribution >= 0.6 is 8.03 Å². The Labute approximate surface area is 95.8 Å². The van der Waals surface area contributed by atoms with Crippen molar-refractivity contribution >= 4 is 13.3 Å². The van der Waals surface area contributed by atoms with Gasteiger partial charge in [-0.3, -0.25) is 0 Å². The fourth-order valence-corrected chi connectivity index (χ4v) is 2.16. The molecule has 80 valence electrons. The highest BCUT2D eigenvalue weighted by Crippen LogP contribution is 2.23. The largest absolute Gasteiger partial charge is 0.549 e. The smallest absolute Gasteiger partial charge is 0.137 e. The van der Waals surface area contributed by atoms with Gasteiger partial charge in [0, 0.05) is 0 Å². The van der Waals surface area contributed by atoms with E-state index in [4.69, 9.17) is 4.52 Å². The summed E-state index contributed by atoms with van der Waals surface area (Å²) in [6.45, 7) is 0.380.